The maximum atomic E-state index is 12.0. The van der Waals surface area contributed by atoms with Crippen molar-refractivity contribution < 1.29 is 9.53 Å². The monoisotopic (exact) mass is 488 g/mol. The number of aliphatic imine (C=N–C) groups is 1. The molecule has 1 amide bonds. The molecule has 0 aromatic heterocycles. The van der Waals surface area contributed by atoms with Crippen LogP contribution in [0.2, 0.25) is 0 Å². The second-order valence-electron chi connectivity index (χ2n) is 6.70. The number of hydrogen-bond acceptors (Lipinski definition) is 3. The Bertz CT molecular complexity index is 616. The van der Waals surface area contributed by atoms with Crippen molar-refractivity contribution in [1.82, 2.24) is 16.0 Å². The first-order valence-electron chi connectivity index (χ1n) is 9.58. The average molecular weight is 488 g/mol. The van der Waals surface area contributed by atoms with E-state index in [0.29, 0.717) is 38.1 Å². The maximum Gasteiger partial charge on any atom is 0.221 e. The minimum absolute atomic E-state index is 0. The molecule has 1 aromatic rings. The largest absolute Gasteiger partial charge is 0.494 e. The summed E-state index contributed by atoms with van der Waals surface area (Å²) < 4.78 is 5.71. The van der Waals surface area contributed by atoms with Crippen LogP contribution in [0.1, 0.15) is 50.2 Å². The third-order valence-electron chi connectivity index (χ3n) is 4.56. The number of amides is 1. The molecule has 0 bridgehead atoms. The van der Waals surface area contributed by atoms with E-state index in [2.05, 4.69) is 40.0 Å². The number of carbonyl (C=O) groups is 1. The molecule has 1 saturated carbocycles. The molecule has 1 aliphatic carbocycles. The van der Waals surface area contributed by atoms with Gasteiger partial charge in [-0.2, -0.15) is 0 Å². The molecule has 3 N–H and O–H groups in total. The number of carbonyl (C=O) groups excluding carboxylic acids is 1. The Labute approximate surface area is 179 Å². The van der Waals surface area contributed by atoms with Crippen molar-refractivity contribution in [1.29, 1.82) is 0 Å². The Balaban J connectivity index is 0.00000364. The van der Waals surface area contributed by atoms with Gasteiger partial charge in [0.05, 0.1) is 6.61 Å². The molecule has 0 unspecified atom stereocenters. The van der Waals surface area contributed by atoms with Crippen LogP contribution in [-0.2, 0) is 11.3 Å². The highest BCUT2D eigenvalue weighted by atomic mass is 127. The molecular weight excluding hydrogens is 455 g/mol. The van der Waals surface area contributed by atoms with E-state index in [4.69, 9.17) is 4.74 Å². The summed E-state index contributed by atoms with van der Waals surface area (Å²) in [6, 6.07) is 6.56. The number of ether oxygens (including phenoxy) is 1. The highest BCUT2D eigenvalue weighted by Crippen LogP contribution is 2.20. The van der Waals surface area contributed by atoms with Crippen molar-refractivity contribution in [3.05, 3.63) is 29.3 Å². The Hall–Kier alpha value is -1.51. The summed E-state index contributed by atoms with van der Waals surface area (Å²) >= 11 is 0. The van der Waals surface area contributed by atoms with E-state index in [0.717, 1.165) is 24.2 Å². The highest BCUT2D eigenvalue weighted by Gasteiger charge is 2.16. The molecule has 0 spiro atoms. The van der Waals surface area contributed by atoms with E-state index in [1.165, 1.54) is 18.4 Å². The zero-order valence-electron chi connectivity index (χ0n) is 16.6. The van der Waals surface area contributed by atoms with Gasteiger partial charge in [0.25, 0.3) is 0 Å². The number of nitrogens with one attached hydrogen (secondary N) is 3. The predicted molar refractivity (Wildman–Crippen MR) is 121 cm³/mol. The van der Waals surface area contributed by atoms with E-state index in [9.17, 15) is 4.79 Å². The van der Waals surface area contributed by atoms with Gasteiger partial charge in [0.15, 0.2) is 5.96 Å². The van der Waals surface area contributed by atoms with Crippen LogP contribution in [-0.4, -0.2) is 38.1 Å². The lowest BCUT2D eigenvalue weighted by molar-refractivity contribution is -0.121. The van der Waals surface area contributed by atoms with Crippen LogP contribution in [0.15, 0.2) is 23.2 Å². The average Bonchev–Trinajstić information content (AvgIpc) is 3.12. The summed E-state index contributed by atoms with van der Waals surface area (Å²) in [7, 11) is 1.73. The smallest absolute Gasteiger partial charge is 0.221 e. The number of aryl methyl sites for hydroxylation is 1. The van der Waals surface area contributed by atoms with Crippen LogP contribution in [0.25, 0.3) is 0 Å². The maximum absolute atomic E-state index is 12.0. The second kappa shape index (κ2) is 12.8. The van der Waals surface area contributed by atoms with E-state index in [1.54, 1.807) is 7.05 Å². The van der Waals surface area contributed by atoms with E-state index < -0.39 is 0 Å². The number of benzene rings is 1. The molecule has 27 heavy (non-hydrogen) atoms. The van der Waals surface area contributed by atoms with Crippen molar-refractivity contribution >= 4 is 35.8 Å². The van der Waals surface area contributed by atoms with Crippen LogP contribution in [0, 0.1) is 6.92 Å². The Morgan fingerprint density at radius 2 is 2.00 bits per heavy atom. The molecule has 0 aliphatic heterocycles. The lowest BCUT2D eigenvalue weighted by atomic mass is 10.1. The number of hydrogen-bond donors (Lipinski definition) is 3. The SMILES string of the molecule is CCOc1cc(C)ccc1CNC(=NC)NCCC(=O)NC1CCCC1.I. The number of guanidine groups is 1. The third-order valence-corrected chi connectivity index (χ3v) is 4.56. The Morgan fingerprint density at radius 1 is 1.26 bits per heavy atom. The number of rotatable bonds is 8. The fourth-order valence-electron chi connectivity index (χ4n) is 3.16. The number of halogens is 1. The molecule has 1 aromatic carbocycles. The van der Waals surface area contributed by atoms with Gasteiger partial charge in [0.1, 0.15) is 5.75 Å². The van der Waals surface area contributed by atoms with Crippen LogP contribution in [0.5, 0.6) is 5.75 Å². The van der Waals surface area contributed by atoms with Gasteiger partial charge in [-0.05, 0) is 38.3 Å². The quantitative estimate of drug-likeness (QED) is 0.299. The minimum atomic E-state index is 0. The zero-order chi connectivity index (χ0) is 18.8. The molecular formula is C20H33IN4O2. The van der Waals surface area contributed by atoms with E-state index in [1.807, 2.05) is 13.0 Å². The molecule has 2 rings (SSSR count). The van der Waals surface area contributed by atoms with Gasteiger partial charge < -0.3 is 20.7 Å². The van der Waals surface area contributed by atoms with Gasteiger partial charge >= 0.3 is 0 Å². The van der Waals surface area contributed by atoms with Crippen LogP contribution in [0.3, 0.4) is 0 Å². The van der Waals surface area contributed by atoms with Crippen molar-refractivity contribution in [2.45, 2.75) is 58.5 Å². The van der Waals surface area contributed by atoms with Gasteiger partial charge in [0.2, 0.25) is 5.91 Å². The molecule has 7 heteroatoms. The predicted octanol–water partition coefficient (Wildman–Crippen LogP) is 3.13. The summed E-state index contributed by atoms with van der Waals surface area (Å²) in [4.78, 5) is 16.2. The fraction of sp³-hybridized carbons (Fsp3) is 0.600. The second-order valence-corrected chi connectivity index (χ2v) is 6.70. The first-order valence-corrected chi connectivity index (χ1v) is 9.58. The topological polar surface area (TPSA) is 74.8 Å². The molecule has 0 radical (unpaired) electrons. The normalized spacial score (nSPS) is 14.4. The first kappa shape index (κ1) is 23.5. The van der Waals surface area contributed by atoms with Gasteiger partial charge in [-0.15, -0.1) is 24.0 Å². The highest BCUT2D eigenvalue weighted by molar-refractivity contribution is 14.0. The van der Waals surface area contributed by atoms with Gasteiger partial charge in [-0.1, -0.05) is 25.0 Å². The summed E-state index contributed by atoms with van der Waals surface area (Å²) in [5.74, 6) is 1.69. The van der Waals surface area contributed by atoms with E-state index >= 15 is 0 Å². The van der Waals surface area contributed by atoms with Crippen LogP contribution in [0.4, 0.5) is 0 Å². The Kier molecular flexibility index (Phi) is 11.2. The molecule has 1 fully saturated rings. The van der Waals surface area contributed by atoms with Crippen molar-refractivity contribution in [3.8, 4) is 5.75 Å². The van der Waals surface area contributed by atoms with Gasteiger partial charge in [-0.3, -0.25) is 9.79 Å². The zero-order valence-corrected chi connectivity index (χ0v) is 19.0. The lowest BCUT2D eigenvalue weighted by Gasteiger charge is -2.15. The van der Waals surface area contributed by atoms with Crippen LogP contribution < -0.4 is 20.7 Å². The van der Waals surface area contributed by atoms with Crippen molar-refractivity contribution in [2.75, 3.05) is 20.2 Å². The van der Waals surface area contributed by atoms with Crippen LogP contribution >= 0.6 is 24.0 Å². The molecule has 1 aliphatic rings. The first-order chi connectivity index (χ1) is 12.6. The number of nitrogens with zero attached hydrogens (tertiary/aromatic N) is 1. The van der Waals surface area contributed by atoms with Crippen molar-refractivity contribution in [3.63, 3.8) is 0 Å². The lowest BCUT2D eigenvalue weighted by Crippen LogP contribution is -2.40. The molecule has 0 saturated heterocycles. The summed E-state index contributed by atoms with van der Waals surface area (Å²) in [5, 5.41) is 9.57. The van der Waals surface area contributed by atoms with E-state index in [-0.39, 0.29) is 29.9 Å². The fourth-order valence-corrected chi connectivity index (χ4v) is 3.16. The minimum Gasteiger partial charge on any atom is -0.494 e. The summed E-state index contributed by atoms with van der Waals surface area (Å²) in [5.41, 5.74) is 2.26. The standard InChI is InChI=1S/C20H32N4O2.HI/c1-4-26-18-13-15(2)9-10-16(18)14-23-20(21-3)22-12-11-19(25)24-17-7-5-6-8-17;/h9-10,13,17H,4-8,11-12,14H2,1-3H3,(H,24,25)(H2,21,22,23);1H. The summed E-state index contributed by atoms with van der Waals surface area (Å²) in [6.07, 6.45) is 5.12. The van der Waals surface area contributed by atoms with Gasteiger partial charge in [0, 0.05) is 38.2 Å². The summed E-state index contributed by atoms with van der Waals surface area (Å²) in [6.45, 7) is 5.85. The Morgan fingerprint density at radius 3 is 2.67 bits per heavy atom. The molecule has 152 valence electrons. The molecule has 0 atom stereocenters. The van der Waals surface area contributed by atoms with Crippen molar-refractivity contribution in [2.24, 2.45) is 4.99 Å². The third kappa shape index (κ3) is 8.36. The molecule has 6 nitrogen and oxygen atoms in total. The van der Waals surface area contributed by atoms with Gasteiger partial charge in [-0.25, -0.2) is 0 Å². The molecule has 0 heterocycles.